The average molecular weight is 417 g/mol. The fourth-order valence-corrected chi connectivity index (χ4v) is 5.62. The Morgan fingerprint density at radius 2 is 1.39 bits per heavy atom. The molecule has 1 fully saturated rings. The van der Waals surface area contributed by atoms with Crippen molar-refractivity contribution in [3.8, 4) is 0 Å². The van der Waals surface area contributed by atoms with Gasteiger partial charge in [-0.25, -0.2) is 13.2 Å². The predicted molar refractivity (Wildman–Crippen MR) is 119 cm³/mol. The molecule has 1 aliphatic heterocycles. The highest BCUT2D eigenvalue weighted by molar-refractivity contribution is 7.91. The van der Waals surface area contributed by atoms with Crippen LogP contribution >= 0.6 is 0 Å². The molecule has 1 heterocycles. The van der Waals surface area contributed by atoms with E-state index in [-0.39, 0.29) is 23.6 Å². The summed E-state index contributed by atoms with van der Waals surface area (Å²) in [5, 5.41) is 3.02. The summed E-state index contributed by atoms with van der Waals surface area (Å²) in [6.07, 6.45) is 16.7. The SMILES string of the molecule is CCCCCCCCCCCCCNC(=O)N(CCCC)C1CCS(=O)(=O)C1. The van der Waals surface area contributed by atoms with Gasteiger partial charge in [0.1, 0.15) is 0 Å². The second-order valence-electron chi connectivity index (χ2n) is 8.37. The van der Waals surface area contributed by atoms with Crippen molar-refractivity contribution < 1.29 is 13.2 Å². The molecule has 5 nitrogen and oxygen atoms in total. The van der Waals surface area contributed by atoms with Crippen LogP contribution in [0.1, 0.15) is 104 Å². The van der Waals surface area contributed by atoms with Gasteiger partial charge in [-0.2, -0.15) is 0 Å². The normalized spacial score (nSPS) is 18.3. The molecule has 0 bridgehead atoms. The molecule has 166 valence electrons. The van der Waals surface area contributed by atoms with Crippen LogP contribution in [0.5, 0.6) is 0 Å². The van der Waals surface area contributed by atoms with Crippen molar-refractivity contribution in [2.45, 2.75) is 110 Å². The topological polar surface area (TPSA) is 66.5 Å². The van der Waals surface area contributed by atoms with E-state index in [2.05, 4.69) is 19.2 Å². The van der Waals surface area contributed by atoms with Gasteiger partial charge in [-0.05, 0) is 19.3 Å². The van der Waals surface area contributed by atoms with E-state index >= 15 is 0 Å². The van der Waals surface area contributed by atoms with Crippen LogP contribution in [0.3, 0.4) is 0 Å². The maximum Gasteiger partial charge on any atom is 0.317 e. The number of rotatable bonds is 16. The third-order valence-corrected chi connectivity index (χ3v) is 7.47. The number of nitrogens with zero attached hydrogens (tertiary/aromatic N) is 1. The first-order valence-electron chi connectivity index (χ1n) is 11.7. The lowest BCUT2D eigenvalue weighted by Gasteiger charge is -2.28. The third-order valence-electron chi connectivity index (χ3n) is 5.72. The summed E-state index contributed by atoms with van der Waals surface area (Å²) in [5.41, 5.74) is 0. The molecule has 0 aromatic carbocycles. The van der Waals surface area contributed by atoms with E-state index in [0.717, 1.165) is 25.7 Å². The highest BCUT2D eigenvalue weighted by Gasteiger charge is 2.34. The molecule has 1 unspecified atom stereocenters. The molecule has 0 radical (unpaired) electrons. The summed E-state index contributed by atoms with van der Waals surface area (Å²) in [4.78, 5) is 14.3. The van der Waals surface area contributed by atoms with Gasteiger partial charge >= 0.3 is 6.03 Å². The van der Waals surface area contributed by atoms with Crippen molar-refractivity contribution in [1.82, 2.24) is 10.2 Å². The minimum Gasteiger partial charge on any atom is -0.338 e. The van der Waals surface area contributed by atoms with Gasteiger partial charge in [0.25, 0.3) is 0 Å². The van der Waals surface area contributed by atoms with Crippen LogP contribution in [0, 0.1) is 0 Å². The monoisotopic (exact) mass is 416 g/mol. The lowest BCUT2D eigenvalue weighted by molar-refractivity contribution is 0.179. The highest BCUT2D eigenvalue weighted by atomic mass is 32.2. The molecule has 0 aromatic heterocycles. The summed E-state index contributed by atoms with van der Waals surface area (Å²) in [5.74, 6) is 0.342. The van der Waals surface area contributed by atoms with Crippen LogP contribution in [0.4, 0.5) is 4.79 Å². The fourth-order valence-electron chi connectivity index (χ4n) is 3.89. The van der Waals surface area contributed by atoms with Crippen molar-refractivity contribution in [2.75, 3.05) is 24.6 Å². The van der Waals surface area contributed by atoms with Crippen LogP contribution in [-0.4, -0.2) is 50.0 Å². The van der Waals surface area contributed by atoms with Crippen LogP contribution < -0.4 is 5.32 Å². The number of amides is 2. The molecule has 1 rings (SSSR count). The molecule has 0 aliphatic carbocycles. The third kappa shape index (κ3) is 11.3. The number of carbonyl (C=O) groups excluding carboxylic acids is 1. The summed E-state index contributed by atoms with van der Waals surface area (Å²) >= 11 is 0. The second kappa shape index (κ2) is 15.1. The van der Waals surface area contributed by atoms with Crippen molar-refractivity contribution >= 4 is 15.9 Å². The van der Waals surface area contributed by atoms with Gasteiger partial charge in [0.05, 0.1) is 11.5 Å². The number of hydrogen-bond donors (Lipinski definition) is 1. The average Bonchev–Trinajstić information content (AvgIpc) is 3.02. The number of nitrogens with one attached hydrogen (secondary N) is 1. The van der Waals surface area contributed by atoms with Crippen LogP contribution in [0.2, 0.25) is 0 Å². The number of unbranched alkanes of at least 4 members (excludes halogenated alkanes) is 11. The van der Waals surface area contributed by atoms with E-state index in [0.29, 0.717) is 19.5 Å². The lowest BCUT2D eigenvalue weighted by Crippen LogP contribution is -2.47. The first kappa shape index (κ1) is 25.3. The van der Waals surface area contributed by atoms with Gasteiger partial charge in [0, 0.05) is 19.1 Å². The molecular weight excluding hydrogens is 372 g/mol. The molecule has 0 aromatic rings. The first-order chi connectivity index (χ1) is 13.5. The van der Waals surface area contributed by atoms with E-state index < -0.39 is 9.84 Å². The Kier molecular flexibility index (Phi) is 13.6. The predicted octanol–water partition coefficient (Wildman–Crippen LogP) is 5.30. The number of urea groups is 1. The minimum absolute atomic E-state index is 0.0809. The summed E-state index contributed by atoms with van der Waals surface area (Å²) < 4.78 is 23.5. The Hall–Kier alpha value is -0.780. The van der Waals surface area contributed by atoms with Crippen molar-refractivity contribution in [2.24, 2.45) is 0 Å². The lowest BCUT2D eigenvalue weighted by atomic mass is 10.1. The molecule has 1 atom stereocenters. The van der Waals surface area contributed by atoms with Crippen LogP contribution in [0.25, 0.3) is 0 Å². The second-order valence-corrected chi connectivity index (χ2v) is 10.6. The molecule has 6 heteroatoms. The zero-order valence-electron chi connectivity index (χ0n) is 18.4. The quantitative estimate of drug-likeness (QED) is 0.347. The fraction of sp³-hybridized carbons (Fsp3) is 0.955. The van der Waals surface area contributed by atoms with Crippen molar-refractivity contribution in [3.05, 3.63) is 0 Å². The standard InChI is InChI=1S/C22H44N2O3S/c1-3-5-7-8-9-10-11-12-13-14-15-17-23-22(25)24(18-6-4-2)21-16-19-28(26,27)20-21/h21H,3-20H2,1-2H3,(H,23,25). The van der Waals surface area contributed by atoms with Gasteiger partial charge in [-0.3, -0.25) is 0 Å². The zero-order chi connectivity index (χ0) is 20.7. The Labute approximate surface area is 173 Å². The zero-order valence-corrected chi connectivity index (χ0v) is 19.2. The summed E-state index contributed by atoms with van der Waals surface area (Å²) in [6, 6.07) is -0.225. The van der Waals surface area contributed by atoms with Gasteiger partial charge < -0.3 is 10.2 Å². The van der Waals surface area contributed by atoms with Crippen molar-refractivity contribution in [3.63, 3.8) is 0 Å². The number of carbonyl (C=O) groups is 1. The van der Waals surface area contributed by atoms with Crippen LogP contribution in [0.15, 0.2) is 0 Å². The molecule has 1 N–H and O–H groups in total. The van der Waals surface area contributed by atoms with Gasteiger partial charge in [-0.1, -0.05) is 84.5 Å². The highest BCUT2D eigenvalue weighted by Crippen LogP contribution is 2.18. The molecule has 1 aliphatic rings. The van der Waals surface area contributed by atoms with E-state index in [4.69, 9.17) is 0 Å². The molecule has 0 spiro atoms. The maximum atomic E-state index is 12.5. The molecule has 0 saturated carbocycles. The summed E-state index contributed by atoms with van der Waals surface area (Å²) in [7, 11) is -2.97. The van der Waals surface area contributed by atoms with Gasteiger partial charge in [0.15, 0.2) is 9.84 Å². The van der Waals surface area contributed by atoms with Crippen LogP contribution in [-0.2, 0) is 9.84 Å². The van der Waals surface area contributed by atoms with Gasteiger partial charge in [-0.15, -0.1) is 0 Å². The maximum absolute atomic E-state index is 12.5. The van der Waals surface area contributed by atoms with E-state index in [1.54, 1.807) is 4.90 Å². The Balaban J connectivity index is 2.11. The van der Waals surface area contributed by atoms with E-state index in [1.165, 1.54) is 57.8 Å². The molecule has 2 amide bonds. The Morgan fingerprint density at radius 3 is 1.89 bits per heavy atom. The van der Waals surface area contributed by atoms with Crippen molar-refractivity contribution in [1.29, 1.82) is 0 Å². The molecule has 28 heavy (non-hydrogen) atoms. The smallest absolute Gasteiger partial charge is 0.317 e. The van der Waals surface area contributed by atoms with Gasteiger partial charge in [0.2, 0.25) is 0 Å². The number of sulfone groups is 1. The van der Waals surface area contributed by atoms with E-state index in [1.807, 2.05) is 0 Å². The number of hydrogen-bond acceptors (Lipinski definition) is 3. The molecular formula is C22H44N2O3S. The molecule has 1 saturated heterocycles. The minimum atomic E-state index is -2.97. The Bertz CT molecular complexity index is 508. The van der Waals surface area contributed by atoms with E-state index in [9.17, 15) is 13.2 Å². The largest absolute Gasteiger partial charge is 0.338 e. The Morgan fingerprint density at radius 1 is 0.857 bits per heavy atom. The summed E-state index contributed by atoms with van der Waals surface area (Å²) in [6.45, 7) is 5.69. The first-order valence-corrected chi connectivity index (χ1v) is 13.6.